The second-order valence-electron chi connectivity index (χ2n) is 7.45. The minimum absolute atomic E-state index is 0.106. The van der Waals surface area contributed by atoms with E-state index in [1.54, 1.807) is 41.3 Å². The van der Waals surface area contributed by atoms with E-state index in [4.69, 9.17) is 11.6 Å². The molecule has 2 aliphatic rings. The minimum Gasteiger partial charge on any atom is -0.508 e. The fourth-order valence-corrected chi connectivity index (χ4v) is 4.64. The number of carbonyl (C=O) groups excluding carboxylic acids is 1. The molecule has 1 unspecified atom stereocenters. The number of anilines is 1. The van der Waals surface area contributed by atoms with Crippen LogP contribution in [0, 0.1) is 5.82 Å². The summed E-state index contributed by atoms with van der Waals surface area (Å²) >= 11 is 6.31. The molecule has 1 atom stereocenters. The summed E-state index contributed by atoms with van der Waals surface area (Å²) in [5, 5.41) is 13.9. The molecule has 1 spiro atoms. The number of halogens is 2. The van der Waals surface area contributed by atoms with Gasteiger partial charge < -0.3 is 10.0 Å². The number of fused-ring (bicyclic) bond motifs is 4. The molecule has 5 rings (SSSR count). The number of benzene rings is 3. The van der Waals surface area contributed by atoms with Crippen LogP contribution >= 0.6 is 11.6 Å². The van der Waals surface area contributed by atoms with Crippen LogP contribution < -0.4 is 10.2 Å². The van der Waals surface area contributed by atoms with E-state index in [1.807, 2.05) is 12.1 Å². The third-order valence-corrected chi connectivity index (χ3v) is 5.99. The molecule has 2 N–H and O–H groups in total. The number of phenols is 1. The Balaban J connectivity index is 1.68. The maximum Gasteiger partial charge on any atom is 0.256 e. The third-order valence-electron chi connectivity index (χ3n) is 5.75. The van der Waals surface area contributed by atoms with Crippen molar-refractivity contribution in [3.05, 3.63) is 93.8 Å². The van der Waals surface area contributed by atoms with E-state index in [-0.39, 0.29) is 17.5 Å². The molecule has 0 aromatic heterocycles. The quantitative estimate of drug-likeness (QED) is 0.670. The molecule has 2 aliphatic heterocycles. The van der Waals surface area contributed by atoms with Gasteiger partial charge in [-0.1, -0.05) is 29.8 Å². The maximum atomic E-state index is 13.9. The van der Waals surface area contributed by atoms with Crippen molar-refractivity contribution in [3.63, 3.8) is 0 Å². The predicted octanol–water partition coefficient (Wildman–Crippen LogP) is 4.12. The Bertz CT molecular complexity index is 1130. The highest BCUT2D eigenvalue weighted by molar-refractivity contribution is 6.31. The Morgan fingerprint density at radius 2 is 1.86 bits per heavy atom. The van der Waals surface area contributed by atoms with Gasteiger partial charge in [0.15, 0.2) is 5.54 Å². The molecule has 6 heteroatoms. The molecule has 29 heavy (non-hydrogen) atoms. The first kappa shape index (κ1) is 18.2. The van der Waals surface area contributed by atoms with E-state index in [2.05, 4.69) is 5.32 Å². The molecule has 0 radical (unpaired) electrons. The Hall–Kier alpha value is -2.89. The molecule has 3 aromatic carbocycles. The van der Waals surface area contributed by atoms with Crippen molar-refractivity contribution in [2.45, 2.75) is 18.5 Å². The number of hydrogen-bond acceptors (Lipinski definition) is 3. The van der Waals surface area contributed by atoms with Crippen molar-refractivity contribution in [1.82, 2.24) is 5.32 Å². The first-order chi connectivity index (χ1) is 14.0. The van der Waals surface area contributed by atoms with Crippen LogP contribution in [0.4, 0.5) is 10.1 Å². The highest BCUT2D eigenvalue weighted by atomic mass is 35.5. The summed E-state index contributed by atoms with van der Waals surface area (Å²) in [7, 11) is 0. The minimum atomic E-state index is -1.05. The van der Waals surface area contributed by atoms with Gasteiger partial charge >= 0.3 is 0 Å². The van der Waals surface area contributed by atoms with Crippen LogP contribution in [-0.2, 0) is 23.3 Å². The Morgan fingerprint density at radius 3 is 2.66 bits per heavy atom. The van der Waals surface area contributed by atoms with Crippen LogP contribution in [-0.4, -0.2) is 17.6 Å². The zero-order valence-corrected chi connectivity index (χ0v) is 16.2. The number of phenolic OH excluding ortho intramolecular Hbond substituents is 1. The number of amides is 1. The lowest BCUT2D eigenvalue weighted by Gasteiger charge is -2.36. The molecule has 0 bridgehead atoms. The summed E-state index contributed by atoms with van der Waals surface area (Å²) in [5.41, 5.74) is 3.12. The average molecular weight is 409 g/mol. The van der Waals surface area contributed by atoms with E-state index in [9.17, 15) is 14.3 Å². The topological polar surface area (TPSA) is 52.6 Å². The molecule has 0 saturated carbocycles. The number of nitrogens with one attached hydrogen (secondary N) is 1. The van der Waals surface area contributed by atoms with Crippen LogP contribution in [0.3, 0.4) is 0 Å². The Morgan fingerprint density at radius 1 is 1.07 bits per heavy atom. The molecule has 0 saturated heterocycles. The van der Waals surface area contributed by atoms with Gasteiger partial charge in [-0.2, -0.15) is 0 Å². The molecule has 146 valence electrons. The van der Waals surface area contributed by atoms with Gasteiger partial charge in [-0.25, -0.2) is 4.39 Å². The Labute approximate surface area is 172 Å². The van der Waals surface area contributed by atoms with Gasteiger partial charge in [-0.15, -0.1) is 0 Å². The normalized spacial score (nSPS) is 20.1. The lowest BCUT2D eigenvalue weighted by atomic mass is 9.78. The first-order valence-electron chi connectivity index (χ1n) is 9.43. The summed E-state index contributed by atoms with van der Waals surface area (Å²) in [5.74, 6) is -0.237. The van der Waals surface area contributed by atoms with Gasteiger partial charge in [0.2, 0.25) is 0 Å². The predicted molar refractivity (Wildman–Crippen MR) is 110 cm³/mol. The van der Waals surface area contributed by atoms with Crippen molar-refractivity contribution >= 4 is 23.2 Å². The zero-order valence-electron chi connectivity index (χ0n) is 15.5. The molecular weight excluding hydrogens is 391 g/mol. The van der Waals surface area contributed by atoms with E-state index in [0.717, 1.165) is 27.9 Å². The number of rotatable bonds is 2. The Kier molecular flexibility index (Phi) is 4.12. The van der Waals surface area contributed by atoms with E-state index >= 15 is 0 Å². The highest BCUT2D eigenvalue weighted by Gasteiger charge is 2.54. The fourth-order valence-electron chi connectivity index (χ4n) is 4.46. The maximum absolute atomic E-state index is 13.9. The van der Waals surface area contributed by atoms with Gasteiger partial charge in [0, 0.05) is 17.1 Å². The standard InChI is InChI=1S/C23H18ClFN2O2/c24-16-3-8-21-20(12-16)23(19-7-6-18(28)11-15(19)9-10-26-23)22(29)27(21)13-14-1-4-17(25)5-2-14/h1-8,11-12,26,28H,9-10,13H2. The van der Waals surface area contributed by atoms with Gasteiger partial charge in [-0.05, 0) is 65.6 Å². The second-order valence-corrected chi connectivity index (χ2v) is 7.88. The monoisotopic (exact) mass is 408 g/mol. The van der Waals surface area contributed by atoms with Gasteiger partial charge in [-0.3, -0.25) is 10.1 Å². The molecule has 4 nitrogen and oxygen atoms in total. The van der Waals surface area contributed by atoms with Gasteiger partial charge in [0.1, 0.15) is 11.6 Å². The number of aromatic hydroxyl groups is 1. The van der Waals surface area contributed by atoms with E-state index in [0.29, 0.717) is 24.5 Å². The van der Waals surface area contributed by atoms with Crippen molar-refractivity contribution < 1.29 is 14.3 Å². The zero-order chi connectivity index (χ0) is 20.2. The summed E-state index contributed by atoms with van der Waals surface area (Å²) in [6, 6.07) is 16.7. The van der Waals surface area contributed by atoms with Crippen molar-refractivity contribution in [2.24, 2.45) is 0 Å². The third kappa shape index (κ3) is 2.73. The van der Waals surface area contributed by atoms with Gasteiger partial charge in [0.25, 0.3) is 5.91 Å². The summed E-state index contributed by atoms with van der Waals surface area (Å²) < 4.78 is 13.3. The SMILES string of the molecule is O=C1N(Cc2ccc(F)cc2)c2ccc(Cl)cc2C12NCCc1cc(O)ccc12. The summed E-state index contributed by atoms with van der Waals surface area (Å²) in [6.45, 7) is 0.920. The lowest BCUT2D eigenvalue weighted by molar-refractivity contribution is -0.123. The number of hydrogen-bond donors (Lipinski definition) is 2. The second kappa shape index (κ2) is 6.58. The first-order valence-corrected chi connectivity index (χ1v) is 9.81. The smallest absolute Gasteiger partial charge is 0.256 e. The summed E-state index contributed by atoms with van der Waals surface area (Å²) in [4.78, 5) is 15.6. The largest absolute Gasteiger partial charge is 0.508 e. The molecule has 1 amide bonds. The van der Waals surface area contributed by atoms with Crippen LogP contribution in [0.5, 0.6) is 5.75 Å². The van der Waals surface area contributed by atoms with Gasteiger partial charge in [0.05, 0.1) is 12.2 Å². The van der Waals surface area contributed by atoms with Crippen LogP contribution in [0.25, 0.3) is 0 Å². The average Bonchev–Trinajstić information content (AvgIpc) is 2.92. The summed E-state index contributed by atoms with van der Waals surface area (Å²) in [6.07, 6.45) is 0.715. The molecule has 0 aliphatic carbocycles. The van der Waals surface area contributed by atoms with Crippen molar-refractivity contribution in [1.29, 1.82) is 0 Å². The number of carbonyl (C=O) groups is 1. The highest BCUT2D eigenvalue weighted by Crippen LogP contribution is 2.48. The number of nitrogens with zero attached hydrogens (tertiary/aromatic N) is 1. The van der Waals surface area contributed by atoms with E-state index < -0.39 is 5.54 Å². The van der Waals surface area contributed by atoms with E-state index in [1.165, 1.54) is 12.1 Å². The molecular formula is C23H18ClFN2O2. The van der Waals surface area contributed by atoms with Crippen LogP contribution in [0.1, 0.15) is 22.3 Å². The lowest BCUT2D eigenvalue weighted by Crippen LogP contribution is -2.54. The molecule has 0 fully saturated rings. The van der Waals surface area contributed by atoms with Crippen LogP contribution in [0.15, 0.2) is 60.7 Å². The van der Waals surface area contributed by atoms with Crippen LogP contribution in [0.2, 0.25) is 5.02 Å². The van der Waals surface area contributed by atoms with Crippen molar-refractivity contribution in [2.75, 3.05) is 11.4 Å². The fraction of sp³-hybridized carbons (Fsp3) is 0.174. The molecule has 2 heterocycles. The van der Waals surface area contributed by atoms with Crippen molar-refractivity contribution in [3.8, 4) is 5.75 Å². The molecule has 3 aromatic rings.